The van der Waals surface area contributed by atoms with E-state index >= 15 is 0 Å². The monoisotopic (exact) mass is 276 g/mol. The Balaban J connectivity index is 2.19. The number of benzene rings is 2. The molecule has 4 heteroatoms. The first-order valence-corrected chi connectivity index (χ1v) is 6.51. The first-order chi connectivity index (χ1) is 9.60. The minimum atomic E-state index is -2.47. The van der Waals surface area contributed by atoms with Crippen molar-refractivity contribution in [3.05, 3.63) is 65.2 Å². The van der Waals surface area contributed by atoms with Crippen molar-refractivity contribution in [3.8, 4) is 0 Å². The summed E-state index contributed by atoms with van der Waals surface area (Å²) in [5, 5.41) is 3.27. The molecule has 1 unspecified atom stereocenters. The number of hydrogen-bond donors (Lipinski definition) is 2. The van der Waals surface area contributed by atoms with Gasteiger partial charge in [-0.25, -0.2) is 8.78 Å². The summed E-state index contributed by atoms with van der Waals surface area (Å²) in [5.41, 5.74) is 8.64. The average molecular weight is 276 g/mol. The highest BCUT2D eigenvalue weighted by Gasteiger charge is 2.13. The third-order valence-electron chi connectivity index (χ3n) is 3.19. The van der Waals surface area contributed by atoms with Gasteiger partial charge in [-0.15, -0.1) is 0 Å². The molecule has 2 nitrogen and oxygen atoms in total. The SMILES string of the molecule is Cc1ccc(NC(CN)c2cccc(C(F)F)c2)cc1. The quantitative estimate of drug-likeness (QED) is 0.864. The van der Waals surface area contributed by atoms with Crippen molar-refractivity contribution in [2.75, 3.05) is 11.9 Å². The van der Waals surface area contributed by atoms with Crippen LogP contribution in [0.4, 0.5) is 14.5 Å². The highest BCUT2D eigenvalue weighted by atomic mass is 19.3. The van der Waals surface area contributed by atoms with Crippen LogP contribution in [0.25, 0.3) is 0 Å². The molecule has 0 aromatic heterocycles. The van der Waals surface area contributed by atoms with E-state index in [2.05, 4.69) is 5.32 Å². The fourth-order valence-electron chi connectivity index (χ4n) is 2.04. The minimum Gasteiger partial charge on any atom is -0.377 e. The highest BCUT2D eigenvalue weighted by molar-refractivity contribution is 5.47. The van der Waals surface area contributed by atoms with Crippen molar-refractivity contribution in [3.63, 3.8) is 0 Å². The first-order valence-electron chi connectivity index (χ1n) is 6.51. The van der Waals surface area contributed by atoms with Crippen LogP contribution >= 0.6 is 0 Å². The summed E-state index contributed by atoms with van der Waals surface area (Å²) >= 11 is 0. The number of rotatable bonds is 5. The lowest BCUT2D eigenvalue weighted by molar-refractivity contribution is 0.151. The Morgan fingerprint density at radius 3 is 2.30 bits per heavy atom. The van der Waals surface area contributed by atoms with Gasteiger partial charge in [0.2, 0.25) is 0 Å². The van der Waals surface area contributed by atoms with E-state index in [0.29, 0.717) is 6.54 Å². The van der Waals surface area contributed by atoms with Crippen LogP contribution in [0.1, 0.15) is 29.2 Å². The normalized spacial score (nSPS) is 12.4. The van der Waals surface area contributed by atoms with E-state index < -0.39 is 6.43 Å². The Kier molecular flexibility index (Phi) is 4.69. The molecule has 0 bridgehead atoms. The molecule has 2 aromatic rings. The fraction of sp³-hybridized carbons (Fsp3) is 0.250. The zero-order valence-electron chi connectivity index (χ0n) is 11.3. The third kappa shape index (κ3) is 3.54. The number of nitrogens with two attached hydrogens (primary N) is 1. The molecule has 0 aliphatic heterocycles. The maximum absolute atomic E-state index is 12.7. The number of halogens is 2. The maximum atomic E-state index is 12.7. The molecule has 20 heavy (non-hydrogen) atoms. The van der Waals surface area contributed by atoms with Crippen LogP contribution in [0.2, 0.25) is 0 Å². The third-order valence-corrected chi connectivity index (χ3v) is 3.19. The molecule has 0 radical (unpaired) electrons. The Hall–Kier alpha value is -1.94. The summed E-state index contributed by atoms with van der Waals surface area (Å²) in [6.07, 6.45) is -2.47. The van der Waals surface area contributed by atoms with Gasteiger partial charge in [-0.1, -0.05) is 35.9 Å². The molecule has 0 fully saturated rings. The number of aryl methyl sites for hydroxylation is 1. The average Bonchev–Trinajstić information content (AvgIpc) is 2.46. The van der Waals surface area contributed by atoms with E-state index in [1.807, 2.05) is 37.3 Å². The van der Waals surface area contributed by atoms with Gasteiger partial charge >= 0.3 is 0 Å². The van der Waals surface area contributed by atoms with Crippen LogP contribution in [0.5, 0.6) is 0 Å². The summed E-state index contributed by atoms with van der Waals surface area (Å²) in [6, 6.07) is 14.1. The lowest BCUT2D eigenvalue weighted by Gasteiger charge is -2.19. The summed E-state index contributed by atoms with van der Waals surface area (Å²) in [5.74, 6) is 0. The van der Waals surface area contributed by atoms with Crippen LogP contribution in [0.3, 0.4) is 0 Å². The van der Waals surface area contributed by atoms with Gasteiger partial charge in [0.25, 0.3) is 6.43 Å². The molecular formula is C16H18F2N2. The minimum absolute atomic E-state index is 0.0201. The van der Waals surface area contributed by atoms with Gasteiger partial charge in [0.05, 0.1) is 6.04 Å². The number of hydrogen-bond acceptors (Lipinski definition) is 2. The van der Waals surface area contributed by atoms with E-state index in [9.17, 15) is 8.78 Å². The molecule has 2 rings (SSSR count). The van der Waals surface area contributed by atoms with E-state index in [1.54, 1.807) is 6.07 Å². The van der Waals surface area contributed by atoms with Crippen LogP contribution in [0, 0.1) is 6.92 Å². The molecular weight excluding hydrogens is 258 g/mol. The van der Waals surface area contributed by atoms with Gasteiger partial charge in [-0.3, -0.25) is 0 Å². The predicted molar refractivity (Wildman–Crippen MR) is 78.0 cm³/mol. The van der Waals surface area contributed by atoms with E-state index in [0.717, 1.165) is 11.3 Å². The van der Waals surface area contributed by atoms with Gasteiger partial charge in [0.15, 0.2) is 0 Å². The zero-order valence-corrected chi connectivity index (χ0v) is 11.3. The Bertz CT molecular complexity index is 553. The van der Waals surface area contributed by atoms with Crippen LogP contribution in [-0.4, -0.2) is 6.54 Å². The second-order valence-corrected chi connectivity index (χ2v) is 4.77. The van der Waals surface area contributed by atoms with Gasteiger partial charge in [0, 0.05) is 17.8 Å². The van der Waals surface area contributed by atoms with Crippen LogP contribution in [-0.2, 0) is 0 Å². The second-order valence-electron chi connectivity index (χ2n) is 4.77. The molecule has 0 aliphatic rings. The van der Waals surface area contributed by atoms with E-state index in [4.69, 9.17) is 5.73 Å². The second kappa shape index (κ2) is 6.48. The summed E-state index contributed by atoms with van der Waals surface area (Å²) < 4.78 is 25.5. The molecule has 0 amide bonds. The summed E-state index contributed by atoms with van der Waals surface area (Å²) in [6.45, 7) is 2.34. The molecule has 106 valence electrons. The molecule has 0 heterocycles. The molecule has 0 saturated heterocycles. The molecule has 3 N–H and O–H groups in total. The summed E-state index contributed by atoms with van der Waals surface area (Å²) in [7, 11) is 0. The van der Waals surface area contributed by atoms with Gasteiger partial charge < -0.3 is 11.1 Å². The number of anilines is 1. The fourth-order valence-corrected chi connectivity index (χ4v) is 2.04. The van der Waals surface area contributed by atoms with Gasteiger partial charge in [0.1, 0.15) is 0 Å². The van der Waals surface area contributed by atoms with Crippen molar-refractivity contribution in [1.29, 1.82) is 0 Å². The largest absolute Gasteiger partial charge is 0.377 e. The first kappa shape index (κ1) is 14.5. The van der Waals surface area contributed by atoms with E-state index in [1.165, 1.54) is 17.7 Å². The van der Waals surface area contributed by atoms with Crippen molar-refractivity contribution >= 4 is 5.69 Å². The summed E-state index contributed by atoms with van der Waals surface area (Å²) in [4.78, 5) is 0. The highest BCUT2D eigenvalue weighted by Crippen LogP contribution is 2.24. The van der Waals surface area contributed by atoms with Crippen LogP contribution < -0.4 is 11.1 Å². The Morgan fingerprint density at radius 2 is 1.70 bits per heavy atom. The molecule has 0 aliphatic carbocycles. The van der Waals surface area contributed by atoms with Gasteiger partial charge in [-0.2, -0.15) is 0 Å². The standard InChI is InChI=1S/C16H18F2N2/c1-11-5-7-14(8-6-11)20-15(10-19)12-3-2-4-13(9-12)16(17)18/h2-9,15-16,20H,10,19H2,1H3. The van der Waals surface area contributed by atoms with Crippen molar-refractivity contribution in [1.82, 2.24) is 0 Å². The predicted octanol–water partition coefficient (Wildman–Crippen LogP) is 4.04. The number of alkyl halides is 2. The Labute approximate surface area is 117 Å². The van der Waals surface area contributed by atoms with Crippen molar-refractivity contribution < 1.29 is 8.78 Å². The molecule has 1 atom stereocenters. The smallest absolute Gasteiger partial charge is 0.263 e. The Morgan fingerprint density at radius 1 is 1.05 bits per heavy atom. The zero-order chi connectivity index (χ0) is 14.5. The maximum Gasteiger partial charge on any atom is 0.263 e. The van der Waals surface area contributed by atoms with E-state index in [-0.39, 0.29) is 11.6 Å². The molecule has 0 spiro atoms. The topological polar surface area (TPSA) is 38.0 Å². The lowest BCUT2D eigenvalue weighted by Crippen LogP contribution is -2.20. The van der Waals surface area contributed by atoms with Crippen molar-refractivity contribution in [2.45, 2.75) is 19.4 Å². The lowest BCUT2D eigenvalue weighted by atomic mass is 10.0. The van der Waals surface area contributed by atoms with Gasteiger partial charge in [-0.05, 0) is 30.7 Å². The number of nitrogens with one attached hydrogen (secondary N) is 1. The molecule has 2 aromatic carbocycles. The van der Waals surface area contributed by atoms with Crippen LogP contribution in [0.15, 0.2) is 48.5 Å². The molecule has 0 saturated carbocycles. The van der Waals surface area contributed by atoms with Crippen molar-refractivity contribution in [2.24, 2.45) is 5.73 Å².